The minimum atomic E-state index is -0.380. The number of rotatable bonds is 8. The summed E-state index contributed by atoms with van der Waals surface area (Å²) in [7, 11) is 3.85. The summed E-state index contributed by atoms with van der Waals surface area (Å²) in [6.07, 6.45) is 2.76. The number of nitrogens with zero attached hydrogens (tertiary/aromatic N) is 2. The number of nitrogens with two attached hydrogens (primary N) is 1. The summed E-state index contributed by atoms with van der Waals surface area (Å²) in [5.41, 5.74) is 7.06. The van der Waals surface area contributed by atoms with E-state index in [4.69, 9.17) is 5.73 Å². The summed E-state index contributed by atoms with van der Waals surface area (Å²) >= 11 is 1.72. The van der Waals surface area contributed by atoms with Gasteiger partial charge in [0, 0.05) is 32.9 Å². The molecule has 0 aromatic heterocycles. The second-order valence-corrected chi connectivity index (χ2v) is 5.89. The molecule has 1 aromatic rings. The lowest BCUT2D eigenvalue weighted by atomic mass is 10.2. The van der Waals surface area contributed by atoms with Crippen molar-refractivity contribution in [3.63, 3.8) is 0 Å². The van der Waals surface area contributed by atoms with E-state index in [1.54, 1.807) is 16.7 Å². The van der Waals surface area contributed by atoms with Crippen LogP contribution in [0.15, 0.2) is 30.3 Å². The van der Waals surface area contributed by atoms with Crippen molar-refractivity contribution in [2.45, 2.75) is 12.5 Å². The van der Waals surface area contributed by atoms with Crippen molar-refractivity contribution in [3.8, 4) is 0 Å². The van der Waals surface area contributed by atoms with Crippen LogP contribution in [0.25, 0.3) is 0 Å². The number of carbonyl (C=O) groups is 1. The predicted octanol–water partition coefficient (Wildman–Crippen LogP) is 1.66. The lowest BCUT2D eigenvalue weighted by Gasteiger charge is -2.25. The molecule has 0 saturated carbocycles. The fourth-order valence-corrected chi connectivity index (χ4v) is 2.36. The van der Waals surface area contributed by atoms with E-state index in [0.717, 1.165) is 24.4 Å². The van der Waals surface area contributed by atoms with Gasteiger partial charge in [0.1, 0.15) is 0 Å². The molecule has 0 saturated heterocycles. The molecule has 5 heteroatoms. The normalized spacial score (nSPS) is 12.0. The first-order valence-electron chi connectivity index (χ1n) is 6.82. The van der Waals surface area contributed by atoms with Crippen LogP contribution in [0.2, 0.25) is 0 Å². The van der Waals surface area contributed by atoms with Gasteiger partial charge in [0.15, 0.2) is 0 Å². The molecule has 20 heavy (non-hydrogen) atoms. The summed E-state index contributed by atoms with van der Waals surface area (Å²) in [6, 6.07) is 9.77. The van der Waals surface area contributed by atoms with E-state index in [1.165, 1.54) is 0 Å². The number of para-hydroxylation sites is 1. The maximum absolute atomic E-state index is 12.1. The van der Waals surface area contributed by atoms with Crippen LogP contribution in [0.5, 0.6) is 0 Å². The molecule has 0 fully saturated rings. The van der Waals surface area contributed by atoms with Gasteiger partial charge in [0.05, 0.1) is 6.04 Å². The monoisotopic (exact) mass is 295 g/mol. The van der Waals surface area contributed by atoms with E-state index in [9.17, 15) is 4.79 Å². The maximum Gasteiger partial charge on any atom is 0.239 e. The average Bonchev–Trinajstić information content (AvgIpc) is 2.49. The second kappa shape index (κ2) is 8.87. The van der Waals surface area contributed by atoms with Crippen molar-refractivity contribution in [3.05, 3.63) is 30.3 Å². The fraction of sp³-hybridized carbons (Fsp3) is 0.533. The Bertz CT molecular complexity index is 399. The summed E-state index contributed by atoms with van der Waals surface area (Å²) in [4.78, 5) is 15.9. The summed E-state index contributed by atoms with van der Waals surface area (Å²) < 4.78 is 0. The van der Waals surface area contributed by atoms with Crippen molar-refractivity contribution in [1.82, 2.24) is 4.90 Å². The van der Waals surface area contributed by atoms with Gasteiger partial charge in [-0.15, -0.1) is 0 Å². The Labute approximate surface area is 126 Å². The highest BCUT2D eigenvalue weighted by Gasteiger charge is 2.17. The number of thioether (sulfide) groups is 1. The third-order valence-corrected chi connectivity index (χ3v) is 3.94. The number of benzene rings is 1. The second-order valence-electron chi connectivity index (χ2n) is 4.90. The highest BCUT2D eigenvalue weighted by atomic mass is 32.2. The fourth-order valence-electron chi connectivity index (χ4n) is 1.87. The molecule has 1 rings (SSSR count). The Balaban J connectivity index is 2.39. The van der Waals surface area contributed by atoms with Gasteiger partial charge in [-0.1, -0.05) is 18.2 Å². The molecule has 112 valence electrons. The highest BCUT2D eigenvalue weighted by Crippen LogP contribution is 2.10. The molecule has 0 heterocycles. The number of hydrogen-bond donors (Lipinski definition) is 1. The van der Waals surface area contributed by atoms with Gasteiger partial charge < -0.3 is 15.5 Å². The molecule has 4 nitrogen and oxygen atoms in total. The Hall–Kier alpha value is -1.20. The molecule has 1 atom stereocenters. The average molecular weight is 295 g/mol. The van der Waals surface area contributed by atoms with Crippen LogP contribution >= 0.6 is 11.8 Å². The number of hydrogen-bond acceptors (Lipinski definition) is 4. The van der Waals surface area contributed by atoms with Crippen LogP contribution in [0.3, 0.4) is 0 Å². The molecule has 0 spiro atoms. The van der Waals surface area contributed by atoms with Gasteiger partial charge in [0.25, 0.3) is 0 Å². The van der Waals surface area contributed by atoms with Crippen LogP contribution in [0.4, 0.5) is 5.69 Å². The van der Waals surface area contributed by atoms with E-state index in [1.807, 2.05) is 38.6 Å². The molecule has 0 aliphatic rings. The number of carbonyl (C=O) groups excluding carboxylic acids is 1. The minimum absolute atomic E-state index is 0.0283. The Morgan fingerprint density at radius 2 is 1.90 bits per heavy atom. The van der Waals surface area contributed by atoms with Gasteiger partial charge >= 0.3 is 0 Å². The molecule has 0 unspecified atom stereocenters. The number of likely N-dealkylation sites (N-methyl/N-ethyl adjacent to an activating group) is 2. The van der Waals surface area contributed by atoms with Crippen molar-refractivity contribution in [2.75, 3.05) is 44.1 Å². The Morgan fingerprint density at radius 1 is 1.25 bits per heavy atom. The third kappa shape index (κ3) is 5.43. The van der Waals surface area contributed by atoms with Crippen LogP contribution < -0.4 is 10.6 Å². The molecule has 2 N–H and O–H groups in total. The Kier molecular flexibility index (Phi) is 7.47. The standard InChI is InChI=1S/C15H25N3OS/c1-17(13-7-5-4-6-8-13)10-11-18(2)15(19)14(16)9-12-20-3/h4-8,14H,9-12,16H2,1-3H3/t14-/m0/s1. The van der Waals surface area contributed by atoms with Crippen molar-refractivity contribution in [1.29, 1.82) is 0 Å². The first-order chi connectivity index (χ1) is 9.56. The van der Waals surface area contributed by atoms with Crippen molar-refractivity contribution >= 4 is 23.4 Å². The lowest BCUT2D eigenvalue weighted by Crippen LogP contribution is -2.44. The molecule has 0 aliphatic carbocycles. The van der Waals surface area contributed by atoms with Crippen LogP contribution in [0, 0.1) is 0 Å². The van der Waals surface area contributed by atoms with E-state index < -0.39 is 0 Å². The quantitative estimate of drug-likeness (QED) is 0.792. The molecule has 0 bridgehead atoms. The van der Waals surface area contributed by atoms with Gasteiger partial charge in [-0.05, 0) is 30.6 Å². The number of anilines is 1. The van der Waals surface area contributed by atoms with Crippen LogP contribution in [0.1, 0.15) is 6.42 Å². The summed E-state index contributed by atoms with van der Waals surface area (Å²) in [6.45, 7) is 1.47. The predicted molar refractivity (Wildman–Crippen MR) is 88.3 cm³/mol. The highest BCUT2D eigenvalue weighted by molar-refractivity contribution is 7.98. The maximum atomic E-state index is 12.1. The van der Waals surface area contributed by atoms with E-state index in [-0.39, 0.29) is 11.9 Å². The SMILES string of the molecule is CSCC[C@H](N)C(=O)N(C)CCN(C)c1ccccc1. The zero-order valence-corrected chi connectivity index (χ0v) is 13.4. The number of amides is 1. The smallest absolute Gasteiger partial charge is 0.239 e. The van der Waals surface area contributed by atoms with Crippen LogP contribution in [-0.2, 0) is 4.79 Å². The van der Waals surface area contributed by atoms with Gasteiger partial charge in [-0.3, -0.25) is 4.79 Å². The molecule has 0 aliphatic heterocycles. The minimum Gasteiger partial charge on any atom is -0.373 e. The molecule has 0 radical (unpaired) electrons. The van der Waals surface area contributed by atoms with E-state index >= 15 is 0 Å². The van der Waals surface area contributed by atoms with Gasteiger partial charge in [0.2, 0.25) is 5.91 Å². The topological polar surface area (TPSA) is 49.6 Å². The molecular formula is C15H25N3OS. The summed E-state index contributed by atoms with van der Waals surface area (Å²) in [5.74, 6) is 0.950. The van der Waals surface area contributed by atoms with E-state index in [0.29, 0.717) is 6.54 Å². The zero-order valence-electron chi connectivity index (χ0n) is 12.6. The molecular weight excluding hydrogens is 270 g/mol. The molecule has 1 aromatic carbocycles. The van der Waals surface area contributed by atoms with Crippen molar-refractivity contribution < 1.29 is 4.79 Å². The first kappa shape index (κ1) is 16.9. The molecule has 1 amide bonds. The summed E-state index contributed by atoms with van der Waals surface area (Å²) in [5, 5.41) is 0. The van der Waals surface area contributed by atoms with Gasteiger partial charge in [-0.25, -0.2) is 0 Å². The van der Waals surface area contributed by atoms with E-state index in [2.05, 4.69) is 17.0 Å². The van der Waals surface area contributed by atoms with Gasteiger partial charge in [-0.2, -0.15) is 11.8 Å². The first-order valence-corrected chi connectivity index (χ1v) is 8.21. The Morgan fingerprint density at radius 3 is 2.50 bits per heavy atom. The zero-order chi connectivity index (χ0) is 15.0. The van der Waals surface area contributed by atoms with Crippen molar-refractivity contribution in [2.24, 2.45) is 5.73 Å². The van der Waals surface area contributed by atoms with Crippen LogP contribution in [-0.4, -0.2) is 56.0 Å². The lowest BCUT2D eigenvalue weighted by molar-refractivity contribution is -0.131. The third-order valence-electron chi connectivity index (χ3n) is 3.29. The largest absolute Gasteiger partial charge is 0.373 e.